The third-order valence-electron chi connectivity index (χ3n) is 4.10. The van der Waals surface area contributed by atoms with Crippen LogP contribution in [-0.2, 0) is 0 Å². The summed E-state index contributed by atoms with van der Waals surface area (Å²) in [5.74, 6) is 2.81. The molecular formula is C14H25N3O. The van der Waals surface area contributed by atoms with Gasteiger partial charge in [0.1, 0.15) is 0 Å². The van der Waals surface area contributed by atoms with Crippen molar-refractivity contribution in [2.45, 2.75) is 70.8 Å². The summed E-state index contributed by atoms with van der Waals surface area (Å²) in [7, 11) is 0. The molecular weight excluding hydrogens is 226 g/mol. The van der Waals surface area contributed by atoms with Crippen LogP contribution in [0, 0.1) is 5.92 Å². The molecule has 2 unspecified atom stereocenters. The second kappa shape index (κ2) is 6.32. The highest BCUT2D eigenvalue weighted by atomic mass is 16.5. The second-order valence-electron chi connectivity index (χ2n) is 5.52. The van der Waals surface area contributed by atoms with E-state index in [9.17, 15) is 0 Å². The number of hydrogen-bond acceptors (Lipinski definition) is 4. The Morgan fingerprint density at radius 2 is 2.22 bits per heavy atom. The quantitative estimate of drug-likeness (QED) is 0.869. The van der Waals surface area contributed by atoms with Gasteiger partial charge in [0.2, 0.25) is 5.89 Å². The summed E-state index contributed by atoms with van der Waals surface area (Å²) >= 11 is 0. The highest BCUT2D eigenvalue weighted by Crippen LogP contribution is 2.36. The topological polar surface area (TPSA) is 64.9 Å². The van der Waals surface area contributed by atoms with Crippen LogP contribution in [0.2, 0.25) is 0 Å². The Kier molecular flexibility index (Phi) is 4.75. The number of aromatic nitrogens is 2. The zero-order valence-electron chi connectivity index (χ0n) is 11.6. The minimum atomic E-state index is -0.0955. The van der Waals surface area contributed by atoms with Crippen molar-refractivity contribution in [1.82, 2.24) is 10.1 Å². The average molecular weight is 251 g/mol. The van der Waals surface area contributed by atoms with E-state index in [2.05, 4.69) is 24.0 Å². The van der Waals surface area contributed by atoms with Crippen molar-refractivity contribution in [1.29, 1.82) is 0 Å². The van der Waals surface area contributed by atoms with Crippen LogP contribution in [-0.4, -0.2) is 10.1 Å². The van der Waals surface area contributed by atoms with Gasteiger partial charge in [0.15, 0.2) is 5.82 Å². The van der Waals surface area contributed by atoms with Gasteiger partial charge >= 0.3 is 0 Å². The molecule has 0 spiro atoms. The summed E-state index contributed by atoms with van der Waals surface area (Å²) in [5, 5.41) is 4.15. The van der Waals surface area contributed by atoms with Gasteiger partial charge in [-0.1, -0.05) is 44.7 Å². The van der Waals surface area contributed by atoms with Crippen molar-refractivity contribution in [3.63, 3.8) is 0 Å². The fourth-order valence-electron chi connectivity index (χ4n) is 2.89. The van der Waals surface area contributed by atoms with Gasteiger partial charge in [-0.2, -0.15) is 4.98 Å². The number of nitrogens with two attached hydrogens (primary N) is 1. The SMILES string of the molecule is CCC[C@H](N)c1nc(C2CCCC(CC)C2)no1. The van der Waals surface area contributed by atoms with Crippen LogP contribution in [0.3, 0.4) is 0 Å². The molecule has 0 amide bonds. The van der Waals surface area contributed by atoms with E-state index in [1.54, 1.807) is 0 Å². The molecule has 1 aliphatic carbocycles. The molecule has 0 saturated heterocycles. The molecule has 1 heterocycles. The Labute approximate surface area is 109 Å². The third kappa shape index (κ3) is 3.10. The molecule has 0 aliphatic heterocycles. The first-order valence-electron chi connectivity index (χ1n) is 7.33. The summed E-state index contributed by atoms with van der Waals surface area (Å²) in [5.41, 5.74) is 6.01. The first kappa shape index (κ1) is 13.5. The maximum absolute atomic E-state index is 6.01. The van der Waals surface area contributed by atoms with Gasteiger partial charge in [0.05, 0.1) is 6.04 Å². The molecule has 1 aliphatic rings. The van der Waals surface area contributed by atoms with Crippen molar-refractivity contribution < 1.29 is 4.52 Å². The molecule has 3 atom stereocenters. The molecule has 0 radical (unpaired) electrons. The summed E-state index contributed by atoms with van der Waals surface area (Å²) in [6.45, 7) is 4.38. The third-order valence-corrected chi connectivity index (χ3v) is 4.10. The van der Waals surface area contributed by atoms with Crippen LogP contribution >= 0.6 is 0 Å². The van der Waals surface area contributed by atoms with Gasteiger partial charge in [-0.25, -0.2) is 0 Å². The van der Waals surface area contributed by atoms with E-state index in [0.717, 1.165) is 24.6 Å². The monoisotopic (exact) mass is 251 g/mol. The molecule has 1 aromatic heterocycles. The van der Waals surface area contributed by atoms with Crippen molar-refractivity contribution in [3.05, 3.63) is 11.7 Å². The lowest BCUT2D eigenvalue weighted by Gasteiger charge is -2.26. The predicted molar refractivity (Wildman–Crippen MR) is 71.1 cm³/mol. The van der Waals surface area contributed by atoms with Gasteiger partial charge in [-0.15, -0.1) is 0 Å². The standard InChI is InChI=1S/C14H25N3O/c1-3-6-12(15)14-16-13(17-18-14)11-8-5-7-10(4-2)9-11/h10-12H,3-9,15H2,1-2H3/t10?,11?,12-/m0/s1. The second-order valence-corrected chi connectivity index (χ2v) is 5.52. The highest BCUT2D eigenvalue weighted by molar-refractivity contribution is 5.00. The smallest absolute Gasteiger partial charge is 0.243 e. The molecule has 1 saturated carbocycles. The highest BCUT2D eigenvalue weighted by Gasteiger charge is 2.26. The Morgan fingerprint density at radius 3 is 2.94 bits per heavy atom. The van der Waals surface area contributed by atoms with E-state index < -0.39 is 0 Å². The summed E-state index contributed by atoms with van der Waals surface area (Å²) < 4.78 is 5.31. The lowest BCUT2D eigenvalue weighted by Crippen LogP contribution is -2.15. The zero-order chi connectivity index (χ0) is 13.0. The summed E-state index contributed by atoms with van der Waals surface area (Å²) in [6, 6.07) is -0.0955. The maximum atomic E-state index is 6.01. The van der Waals surface area contributed by atoms with Gasteiger partial charge in [0, 0.05) is 5.92 Å². The van der Waals surface area contributed by atoms with Gasteiger partial charge in [-0.05, 0) is 25.2 Å². The molecule has 4 heteroatoms. The fourth-order valence-corrected chi connectivity index (χ4v) is 2.89. The number of nitrogens with zero attached hydrogens (tertiary/aromatic N) is 2. The largest absolute Gasteiger partial charge is 0.338 e. The fraction of sp³-hybridized carbons (Fsp3) is 0.857. The summed E-state index contributed by atoms with van der Waals surface area (Å²) in [4.78, 5) is 4.52. The van der Waals surface area contributed by atoms with Crippen molar-refractivity contribution in [2.75, 3.05) is 0 Å². The molecule has 1 fully saturated rings. The predicted octanol–water partition coefficient (Wildman–Crippen LogP) is 3.55. The molecule has 4 nitrogen and oxygen atoms in total. The minimum absolute atomic E-state index is 0.0955. The van der Waals surface area contributed by atoms with E-state index in [-0.39, 0.29) is 6.04 Å². The van der Waals surface area contributed by atoms with Crippen LogP contribution in [0.1, 0.15) is 82.5 Å². The van der Waals surface area contributed by atoms with Crippen molar-refractivity contribution >= 4 is 0 Å². The van der Waals surface area contributed by atoms with Gasteiger partial charge in [0.25, 0.3) is 0 Å². The Hall–Kier alpha value is -0.900. The molecule has 0 bridgehead atoms. The van der Waals surface area contributed by atoms with Crippen LogP contribution in [0.15, 0.2) is 4.52 Å². The first-order chi connectivity index (χ1) is 8.74. The van der Waals surface area contributed by atoms with E-state index in [1.165, 1.54) is 32.1 Å². The normalized spacial score (nSPS) is 26.2. The van der Waals surface area contributed by atoms with E-state index in [0.29, 0.717) is 11.8 Å². The molecule has 0 aromatic carbocycles. The minimum Gasteiger partial charge on any atom is -0.338 e. The van der Waals surface area contributed by atoms with Crippen LogP contribution in [0.5, 0.6) is 0 Å². The molecule has 102 valence electrons. The molecule has 18 heavy (non-hydrogen) atoms. The van der Waals surface area contributed by atoms with Crippen molar-refractivity contribution in [3.8, 4) is 0 Å². The Bertz CT molecular complexity index is 364. The average Bonchev–Trinajstić information content (AvgIpc) is 2.89. The summed E-state index contributed by atoms with van der Waals surface area (Å²) in [6.07, 6.45) is 8.25. The zero-order valence-corrected chi connectivity index (χ0v) is 11.6. The Morgan fingerprint density at radius 1 is 1.39 bits per heavy atom. The van der Waals surface area contributed by atoms with Gasteiger partial charge < -0.3 is 10.3 Å². The molecule has 2 rings (SSSR count). The van der Waals surface area contributed by atoms with E-state index >= 15 is 0 Å². The van der Waals surface area contributed by atoms with Crippen LogP contribution in [0.25, 0.3) is 0 Å². The van der Waals surface area contributed by atoms with Crippen LogP contribution in [0.4, 0.5) is 0 Å². The van der Waals surface area contributed by atoms with E-state index in [4.69, 9.17) is 10.3 Å². The first-order valence-corrected chi connectivity index (χ1v) is 7.33. The lowest BCUT2D eigenvalue weighted by atomic mass is 9.80. The van der Waals surface area contributed by atoms with Gasteiger partial charge in [-0.3, -0.25) is 0 Å². The maximum Gasteiger partial charge on any atom is 0.243 e. The number of hydrogen-bond donors (Lipinski definition) is 1. The van der Waals surface area contributed by atoms with E-state index in [1.807, 2.05) is 0 Å². The number of rotatable bonds is 5. The van der Waals surface area contributed by atoms with Crippen LogP contribution < -0.4 is 5.73 Å². The molecule has 2 N–H and O–H groups in total. The molecule has 1 aromatic rings. The van der Waals surface area contributed by atoms with Crippen molar-refractivity contribution in [2.24, 2.45) is 11.7 Å². The lowest BCUT2D eigenvalue weighted by molar-refractivity contribution is 0.296. The Balaban J connectivity index is 2.00.